The van der Waals surface area contributed by atoms with Crippen molar-refractivity contribution in [2.75, 3.05) is 6.61 Å². The first kappa shape index (κ1) is 11.9. The normalized spacial score (nSPS) is 15.7. The lowest BCUT2D eigenvalue weighted by molar-refractivity contribution is 0.368. The molecule has 0 bridgehead atoms. The molecule has 1 N–H and O–H groups in total. The van der Waals surface area contributed by atoms with Crippen molar-refractivity contribution < 1.29 is 4.74 Å². The van der Waals surface area contributed by atoms with Gasteiger partial charge in [0.25, 0.3) is 0 Å². The fourth-order valence-corrected chi connectivity index (χ4v) is 2.21. The van der Waals surface area contributed by atoms with Crippen LogP contribution in [0.25, 0.3) is 0 Å². The Morgan fingerprint density at radius 2 is 1.94 bits per heavy atom. The second-order valence-corrected chi connectivity index (χ2v) is 4.45. The molecule has 1 fully saturated rings. The summed E-state index contributed by atoms with van der Waals surface area (Å²) in [5, 5.41) is 12.0. The summed E-state index contributed by atoms with van der Waals surface area (Å²) in [5.74, 6) is 0.760. The third kappa shape index (κ3) is 3.76. The number of ether oxygens (including phenoxy) is 1. The Morgan fingerprint density at radius 3 is 2.59 bits per heavy atom. The van der Waals surface area contributed by atoms with Gasteiger partial charge in [0.2, 0.25) is 0 Å². The summed E-state index contributed by atoms with van der Waals surface area (Å²) in [6.45, 7) is 1.03. The van der Waals surface area contributed by atoms with E-state index in [1.165, 1.54) is 31.2 Å². The van der Waals surface area contributed by atoms with E-state index in [-0.39, 0.29) is 6.61 Å². The molecule has 17 heavy (non-hydrogen) atoms. The van der Waals surface area contributed by atoms with Crippen molar-refractivity contribution in [3.8, 4) is 11.8 Å². The molecule has 0 spiro atoms. The lowest BCUT2D eigenvalue weighted by Gasteiger charge is -2.11. The van der Waals surface area contributed by atoms with Crippen LogP contribution in [0.1, 0.15) is 31.2 Å². The van der Waals surface area contributed by atoms with Crippen LogP contribution in [0.4, 0.5) is 0 Å². The van der Waals surface area contributed by atoms with Gasteiger partial charge >= 0.3 is 0 Å². The summed E-state index contributed by atoms with van der Waals surface area (Å²) in [4.78, 5) is 0. The topological polar surface area (TPSA) is 45.0 Å². The van der Waals surface area contributed by atoms with Gasteiger partial charge in [-0.1, -0.05) is 25.0 Å². The molecular formula is C14H18N2O. The van der Waals surface area contributed by atoms with Crippen molar-refractivity contribution in [2.45, 2.75) is 38.3 Å². The van der Waals surface area contributed by atoms with E-state index in [0.29, 0.717) is 6.04 Å². The lowest BCUT2D eigenvalue weighted by atomic mass is 10.2. The standard InChI is InChI=1S/C14H18N2O/c15-9-10-17-14-7-5-12(6-8-14)11-16-13-3-1-2-4-13/h5-8,13,16H,1-4,10-11H2. The molecule has 1 aliphatic carbocycles. The van der Waals surface area contributed by atoms with E-state index in [9.17, 15) is 0 Å². The third-order valence-electron chi connectivity index (χ3n) is 3.18. The number of nitrogens with one attached hydrogen (secondary N) is 1. The van der Waals surface area contributed by atoms with Crippen molar-refractivity contribution >= 4 is 0 Å². The predicted molar refractivity (Wildman–Crippen MR) is 66.6 cm³/mol. The van der Waals surface area contributed by atoms with E-state index in [4.69, 9.17) is 10.00 Å². The number of rotatable bonds is 5. The quantitative estimate of drug-likeness (QED) is 0.845. The lowest BCUT2D eigenvalue weighted by Crippen LogP contribution is -2.25. The second-order valence-electron chi connectivity index (χ2n) is 4.45. The Labute approximate surface area is 102 Å². The summed E-state index contributed by atoms with van der Waals surface area (Å²) < 4.78 is 5.21. The highest BCUT2D eigenvalue weighted by molar-refractivity contribution is 5.27. The number of hydrogen-bond acceptors (Lipinski definition) is 3. The summed E-state index contributed by atoms with van der Waals surface area (Å²) in [7, 11) is 0. The zero-order valence-electron chi connectivity index (χ0n) is 9.98. The van der Waals surface area contributed by atoms with Gasteiger partial charge in [-0.05, 0) is 30.5 Å². The Hall–Kier alpha value is -1.53. The van der Waals surface area contributed by atoms with Crippen LogP contribution in [-0.2, 0) is 6.54 Å². The van der Waals surface area contributed by atoms with Crippen LogP contribution in [0.2, 0.25) is 0 Å². The Bertz CT molecular complexity index is 374. The Morgan fingerprint density at radius 1 is 1.24 bits per heavy atom. The fourth-order valence-electron chi connectivity index (χ4n) is 2.21. The molecule has 90 valence electrons. The summed E-state index contributed by atoms with van der Waals surface area (Å²) in [5.41, 5.74) is 1.27. The van der Waals surface area contributed by atoms with Gasteiger partial charge in [0, 0.05) is 12.6 Å². The van der Waals surface area contributed by atoms with Crippen molar-refractivity contribution in [2.24, 2.45) is 0 Å². The Kier molecular flexibility index (Phi) is 4.40. The highest BCUT2D eigenvalue weighted by atomic mass is 16.5. The zero-order valence-corrected chi connectivity index (χ0v) is 9.98. The molecular weight excluding hydrogens is 212 g/mol. The van der Waals surface area contributed by atoms with Crippen LogP contribution in [0.15, 0.2) is 24.3 Å². The van der Waals surface area contributed by atoms with E-state index in [1.807, 2.05) is 18.2 Å². The van der Waals surface area contributed by atoms with Gasteiger partial charge in [-0.2, -0.15) is 5.26 Å². The van der Waals surface area contributed by atoms with Crippen molar-refractivity contribution in [1.29, 1.82) is 5.26 Å². The molecule has 3 nitrogen and oxygen atoms in total. The van der Waals surface area contributed by atoms with Crippen LogP contribution in [-0.4, -0.2) is 12.6 Å². The van der Waals surface area contributed by atoms with Crippen LogP contribution in [0.3, 0.4) is 0 Å². The Balaban J connectivity index is 1.79. The van der Waals surface area contributed by atoms with E-state index >= 15 is 0 Å². The molecule has 3 heteroatoms. The fraction of sp³-hybridized carbons (Fsp3) is 0.500. The van der Waals surface area contributed by atoms with Crippen molar-refractivity contribution in [3.63, 3.8) is 0 Å². The van der Waals surface area contributed by atoms with E-state index in [0.717, 1.165) is 12.3 Å². The molecule has 1 aromatic carbocycles. The van der Waals surface area contributed by atoms with Gasteiger partial charge in [-0.15, -0.1) is 0 Å². The molecule has 1 aliphatic rings. The minimum atomic E-state index is 0.111. The molecule has 0 aromatic heterocycles. The first-order valence-electron chi connectivity index (χ1n) is 6.20. The summed E-state index contributed by atoms with van der Waals surface area (Å²) >= 11 is 0. The molecule has 1 saturated carbocycles. The summed E-state index contributed by atoms with van der Waals surface area (Å²) in [6, 6.07) is 10.6. The molecule has 0 atom stereocenters. The molecule has 0 heterocycles. The first-order chi connectivity index (χ1) is 8.38. The minimum Gasteiger partial charge on any atom is -0.479 e. The minimum absolute atomic E-state index is 0.111. The maximum Gasteiger partial charge on any atom is 0.174 e. The van der Waals surface area contributed by atoms with Gasteiger partial charge in [0.15, 0.2) is 6.61 Å². The largest absolute Gasteiger partial charge is 0.479 e. The first-order valence-corrected chi connectivity index (χ1v) is 6.20. The van der Waals surface area contributed by atoms with Crippen LogP contribution in [0, 0.1) is 11.3 Å². The number of benzene rings is 1. The van der Waals surface area contributed by atoms with Gasteiger partial charge in [0.05, 0.1) is 0 Å². The number of nitrogens with zero attached hydrogens (tertiary/aromatic N) is 1. The number of hydrogen-bond donors (Lipinski definition) is 1. The van der Waals surface area contributed by atoms with E-state index in [1.54, 1.807) is 0 Å². The second kappa shape index (κ2) is 6.27. The highest BCUT2D eigenvalue weighted by Crippen LogP contribution is 2.18. The van der Waals surface area contributed by atoms with Gasteiger partial charge in [-0.25, -0.2) is 0 Å². The third-order valence-corrected chi connectivity index (χ3v) is 3.18. The van der Waals surface area contributed by atoms with E-state index in [2.05, 4.69) is 17.4 Å². The smallest absolute Gasteiger partial charge is 0.174 e. The van der Waals surface area contributed by atoms with Crippen LogP contribution >= 0.6 is 0 Å². The molecule has 2 rings (SSSR count). The average Bonchev–Trinajstić information content (AvgIpc) is 2.88. The van der Waals surface area contributed by atoms with Crippen molar-refractivity contribution in [1.82, 2.24) is 5.32 Å². The molecule has 0 aliphatic heterocycles. The maximum absolute atomic E-state index is 8.40. The molecule has 0 unspecified atom stereocenters. The molecule has 1 aromatic rings. The van der Waals surface area contributed by atoms with Gasteiger partial charge < -0.3 is 10.1 Å². The monoisotopic (exact) mass is 230 g/mol. The highest BCUT2D eigenvalue weighted by Gasteiger charge is 2.13. The van der Waals surface area contributed by atoms with E-state index < -0.39 is 0 Å². The number of nitriles is 1. The molecule has 0 amide bonds. The SMILES string of the molecule is N#CCOc1ccc(CNC2CCCC2)cc1. The zero-order chi connectivity index (χ0) is 11.9. The molecule has 0 saturated heterocycles. The van der Waals surface area contributed by atoms with Gasteiger partial charge in [0.1, 0.15) is 11.8 Å². The van der Waals surface area contributed by atoms with Gasteiger partial charge in [-0.3, -0.25) is 0 Å². The molecule has 0 radical (unpaired) electrons. The van der Waals surface area contributed by atoms with Crippen molar-refractivity contribution in [3.05, 3.63) is 29.8 Å². The average molecular weight is 230 g/mol. The maximum atomic E-state index is 8.40. The van der Waals surface area contributed by atoms with Crippen LogP contribution in [0.5, 0.6) is 5.75 Å². The summed E-state index contributed by atoms with van der Waals surface area (Å²) in [6.07, 6.45) is 5.34. The predicted octanol–water partition coefficient (Wildman–Crippen LogP) is 2.62. The van der Waals surface area contributed by atoms with Crippen LogP contribution < -0.4 is 10.1 Å².